The largest absolute Gasteiger partial charge is 0.376 e. The molecule has 0 aliphatic heterocycles. The molecule has 3 amide bonds. The molecule has 0 heterocycles. The number of amides is 3. The number of imide groups is 1. The van der Waals surface area contributed by atoms with Crippen molar-refractivity contribution in [2.75, 3.05) is 11.9 Å². The lowest BCUT2D eigenvalue weighted by Crippen LogP contribution is -2.42. The minimum Gasteiger partial charge on any atom is -0.376 e. The Morgan fingerprint density at radius 3 is 2.79 bits per heavy atom. The number of hydrogen-bond donors (Lipinski definition) is 3. The quantitative estimate of drug-likeness (QED) is 0.791. The van der Waals surface area contributed by atoms with Crippen molar-refractivity contribution in [1.29, 1.82) is 0 Å². The molecule has 0 bridgehead atoms. The first-order chi connectivity index (χ1) is 9.04. The number of hydrogen-bond acceptors (Lipinski definition) is 3. The Morgan fingerprint density at radius 2 is 2.11 bits per heavy atom. The van der Waals surface area contributed by atoms with Gasteiger partial charge in [-0.25, -0.2) is 4.79 Å². The molecule has 1 saturated carbocycles. The minimum atomic E-state index is -0.433. The van der Waals surface area contributed by atoms with Crippen molar-refractivity contribution in [3.63, 3.8) is 0 Å². The zero-order valence-electron chi connectivity index (χ0n) is 10.6. The van der Waals surface area contributed by atoms with Gasteiger partial charge < -0.3 is 10.6 Å². The number of carbonyl (C=O) groups excluding carboxylic acids is 2. The van der Waals surface area contributed by atoms with E-state index < -0.39 is 6.03 Å². The van der Waals surface area contributed by atoms with Crippen LogP contribution in [0.5, 0.6) is 0 Å². The van der Waals surface area contributed by atoms with Crippen LogP contribution in [0.15, 0.2) is 18.2 Å². The molecule has 1 aromatic rings. The Balaban J connectivity index is 1.78. The summed E-state index contributed by atoms with van der Waals surface area (Å²) in [4.78, 5) is 22.9. The third-order valence-electron chi connectivity index (χ3n) is 2.80. The number of rotatable bonds is 4. The van der Waals surface area contributed by atoms with Crippen LogP contribution >= 0.6 is 11.6 Å². The lowest BCUT2D eigenvalue weighted by molar-refractivity contribution is -0.118. The van der Waals surface area contributed by atoms with Crippen LogP contribution in [0.2, 0.25) is 5.02 Å². The Hall–Kier alpha value is -1.75. The molecule has 0 spiro atoms. The third-order valence-corrected chi connectivity index (χ3v) is 3.04. The summed E-state index contributed by atoms with van der Waals surface area (Å²) < 4.78 is 0. The summed E-state index contributed by atoms with van der Waals surface area (Å²) in [6.07, 6.45) is 1.98. The monoisotopic (exact) mass is 281 g/mol. The zero-order chi connectivity index (χ0) is 13.8. The van der Waals surface area contributed by atoms with Crippen molar-refractivity contribution in [2.45, 2.75) is 25.8 Å². The summed E-state index contributed by atoms with van der Waals surface area (Å²) in [6, 6.07) is 5.19. The molecule has 102 valence electrons. The number of urea groups is 1. The van der Waals surface area contributed by atoms with Crippen molar-refractivity contribution in [3.05, 3.63) is 28.8 Å². The summed E-state index contributed by atoms with van der Waals surface area (Å²) in [5.74, 6) is -0.377. The van der Waals surface area contributed by atoms with Gasteiger partial charge in [0.1, 0.15) is 0 Å². The van der Waals surface area contributed by atoms with Gasteiger partial charge in [0.2, 0.25) is 5.91 Å². The van der Waals surface area contributed by atoms with Crippen molar-refractivity contribution in [1.82, 2.24) is 10.6 Å². The van der Waals surface area contributed by atoms with Crippen LogP contribution in [0.3, 0.4) is 0 Å². The van der Waals surface area contributed by atoms with Gasteiger partial charge in [-0.3, -0.25) is 10.1 Å². The Labute approximate surface area is 116 Å². The molecule has 5 nitrogen and oxygen atoms in total. The minimum absolute atomic E-state index is 0.0271. The predicted molar refractivity (Wildman–Crippen MR) is 74.4 cm³/mol. The molecule has 0 radical (unpaired) electrons. The zero-order valence-corrected chi connectivity index (χ0v) is 11.4. The predicted octanol–water partition coefficient (Wildman–Crippen LogP) is 2.05. The lowest BCUT2D eigenvalue weighted by Gasteiger charge is -2.10. The molecular formula is C13H16ClN3O2. The molecule has 19 heavy (non-hydrogen) atoms. The second-order valence-electron chi connectivity index (χ2n) is 4.61. The van der Waals surface area contributed by atoms with Crippen LogP contribution in [0.25, 0.3) is 0 Å². The van der Waals surface area contributed by atoms with E-state index in [1.54, 1.807) is 12.1 Å². The van der Waals surface area contributed by atoms with Gasteiger partial charge in [-0.15, -0.1) is 0 Å². The van der Waals surface area contributed by atoms with Gasteiger partial charge in [0.25, 0.3) is 0 Å². The van der Waals surface area contributed by atoms with Crippen molar-refractivity contribution in [3.8, 4) is 0 Å². The number of benzene rings is 1. The molecule has 1 aromatic carbocycles. The highest BCUT2D eigenvalue weighted by molar-refractivity contribution is 6.30. The Morgan fingerprint density at radius 1 is 1.37 bits per heavy atom. The summed E-state index contributed by atoms with van der Waals surface area (Å²) in [6.45, 7) is 1.94. The fourth-order valence-corrected chi connectivity index (χ4v) is 1.75. The molecule has 1 fully saturated rings. The molecule has 1 aliphatic carbocycles. The maximum atomic E-state index is 11.6. The topological polar surface area (TPSA) is 70.2 Å². The maximum absolute atomic E-state index is 11.6. The van der Waals surface area contributed by atoms with Crippen LogP contribution in [0, 0.1) is 6.92 Å². The smallest absolute Gasteiger partial charge is 0.321 e. The van der Waals surface area contributed by atoms with E-state index in [0.29, 0.717) is 5.02 Å². The van der Waals surface area contributed by atoms with Crippen molar-refractivity contribution >= 4 is 29.2 Å². The van der Waals surface area contributed by atoms with Gasteiger partial charge in [-0.05, 0) is 37.5 Å². The fraction of sp³-hybridized carbons (Fsp3) is 0.385. The van der Waals surface area contributed by atoms with E-state index in [1.807, 2.05) is 13.0 Å². The van der Waals surface area contributed by atoms with E-state index in [4.69, 9.17) is 11.6 Å². The Bertz CT molecular complexity index is 501. The van der Waals surface area contributed by atoms with Crippen molar-refractivity contribution in [2.24, 2.45) is 0 Å². The van der Waals surface area contributed by atoms with Crippen LogP contribution in [0.4, 0.5) is 10.5 Å². The van der Waals surface area contributed by atoms with Crippen LogP contribution < -0.4 is 16.0 Å². The van der Waals surface area contributed by atoms with E-state index in [-0.39, 0.29) is 18.5 Å². The summed E-state index contributed by atoms with van der Waals surface area (Å²) in [5, 5.41) is 8.50. The van der Waals surface area contributed by atoms with E-state index in [1.165, 1.54) is 0 Å². The first kappa shape index (κ1) is 13.7. The molecule has 0 saturated heterocycles. The van der Waals surface area contributed by atoms with Gasteiger partial charge in [0, 0.05) is 16.8 Å². The summed E-state index contributed by atoms with van der Waals surface area (Å²) >= 11 is 5.88. The van der Waals surface area contributed by atoms with Gasteiger partial charge >= 0.3 is 6.03 Å². The maximum Gasteiger partial charge on any atom is 0.321 e. The number of aryl methyl sites for hydroxylation is 1. The Kier molecular flexibility index (Phi) is 4.27. The average Bonchev–Trinajstić information content (AvgIpc) is 3.14. The molecule has 2 rings (SSSR count). The second kappa shape index (κ2) is 5.93. The average molecular weight is 282 g/mol. The highest BCUT2D eigenvalue weighted by Gasteiger charge is 2.23. The van der Waals surface area contributed by atoms with Crippen LogP contribution in [0.1, 0.15) is 18.4 Å². The summed E-state index contributed by atoms with van der Waals surface area (Å²) in [7, 11) is 0. The normalized spacial score (nSPS) is 13.8. The fourth-order valence-electron chi connectivity index (χ4n) is 1.58. The highest BCUT2D eigenvalue weighted by atomic mass is 35.5. The number of nitrogens with one attached hydrogen (secondary N) is 3. The van der Waals surface area contributed by atoms with E-state index >= 15 is 0 Å². The molecule has 1 aliphatic rings. The molecule has 3 N–H and O–H groups in total. The van der Waals surface area contributed by atoms with Gasteiger partial charge in [-0.1, -0.05) is 17.7 Å². The number of halogens is 1. The van der Waals surface area contributed by atoms with E-state index in [9.17, 15) is 9.59 Å². The lowest BCUT2D eigenvalue weighted by atomic mass is 10.2. The molecular weight excluding hydrogens is 266 g/mol. The van der Waals surface area contributed by atoms with E-state index in [0.717, 1.165) is 24.1 Å². The standard InChI is InChI=1S/C13H16ClN3O2/c1-8-2-3-9(14)6-11(8)15-7-12(18)17-13(19)16-10-4-5-10/h2-3,6,10,15H,4-5,7H2,1H3,(H2,16,17,18,19). The number of anilines is 1. The van der Waals surface area contributed by atoms with Crippen LogP contribution in [-0.2, 0) is 4.79 Å². The third kappa shape index (κ3) is 4.44. The summed E-state index contributed by atoms with van der Waals surface area (Å²) in [5.41, 5.74) is 1.77. The first-order valence-corrected chi connectivity index (χ1v) is 6.53. The van der Waals surface area contributed by atoms with Gasteiger partial charge in [-0.2, -0.15) is 0 Å². The molecule has 6 heteroatoms. The molecule has 0 aromatic heterocycles. The van der Waals surface area contributed by atoms with Crippen molar-refractivity contribution < 1.29 is 9.59 Å². The molecule has 0 atom stereocenters. The SMILES string of the molecule is Cc1ccc(Cl)cc1NCC(=O)NC(=O)NC1CC1. The van der Waals surface area contributed by atoms with Gasteiger partial charge in [0.05, 0.1) is 6.54 Å². The van der Waals surface area contributed by atoms with E-state index in [2.05, 4.69) is 16.0 Å². The molecule has 0 unspecified atom stereocenters. The second-order valence-corrected chi connectivity index (χ2v) is 5.05. The van der Waals surface area contributed by atoms with Crippen LogP contribution in [-0.4, -0.2) is 24.5 Å². The highest BCUT2D eigenvalue weighted by Crippen LogP contribution is 2.20. The number of carbonyl (C=O) groups is 2. The van der Waals surface area contributed by atoms with Gasteiger partial charge in [0.15, 0.2) is 0 Å². The first-order valence-electron chi connectivity index (χ1n) is 6.15.